The van der Waals surface area contributed by atoms with Gasteiger partial charge in [-0.25, -0.2) is 4.98 Å². The summed E-state index contributed by atoms with van der Waals surface area (Å²) in [5.74, 6) is 1.52. The van der Waals surface area contributed by atoms with Crippen molar-refractivity contribution < 1.29 is 9.66 Å². The number of hydrogen-bond donors (Lipinski definition) is 1. The van der Waals surface area contributed by atoms with Crippen LogP contribution in [0.4, 0.5) is 11.5 Å². The zero-order valence-corrected chi connectivity index (χ0v) is 12.1. The van der Waals surface area contributed by atoms with E-state index in [1.54, 1.807) is 13.0 Å². The SMILES string of the molecule is CCc1nc(N)cc(Oc2cc([N+](=O)[O-])c(C)cc2C)n1. The predicted molar refractivity (Wildman–Crippen MR) is 78.5 cm³/mol. The summed E-state index contributed by atoms with van der Waals surface area (Å²) in [5, 5.41) is 11.0. The molecule has 1 aromatic carbocycles. The molecule has 21 heavy (non-hydrogen) atoms. The predicted octanol–water partition coefficient (Wildman–Crippen LogP) is 2.94. The molecule has 2 aromatic rings. The fraction of sp³-hybridized carbons (Fsp3) is 0.286. The second-order valence-corrected chi connectivity index (χ2v) is 4.66. The highest BCUT2D eigenvalue weighted by Crippen LogP contribution is 2.31. The van der Waals surface area contributed by atoms with E-state index >= 15 is 0 Å². The van der Waals surface area contributed by atoms with Crippen molar-refractivity contribution in [1.82, 2.24) is 9.97 Å². The van der Waals surface area contributed by atoms with Crippen molar-refractivity contribution >= 4 is 11.5 Å². The van der Waals surface area contributed by atoms with Gasteiger partial charge in [-0.05, 0) is 25.5 Å². The van der Waals surface area contributed by atoms with Crippen LogP contribution in [0.1, 0.15) is 23.9 Å². The van der Waals surface area contributed by atoms with Crippen LogP contribution in [0.25, 0.3) is 0 Å². The first-order valence-corrected chi connectivity index (χ1v) is 6.47. The summed E-state index contributed by atoms with van der Waals surface area (Å²) in [6.07, 6.45) is 0.619. The highest BCUT2D eigenvalue weighted by molar-refractivity contribution is 5.51. The van der Waals surface area contributed by atoms with Crippen LogP contribution < -0.4 is 10.5 Å². The third-order valence-electron chi connectivity index (χ3n) is 2.99. The van der Waals surface area contributed by atoms with E-state index < -0.39 is 4.92 Å². The van der Waals surface area contributed by atoms with Crippen LogP contribution in [0.5, 0.6) is 11.6 Å². The number of nitrogens with zero attached hydrogens (tertiary/aromatic N) is 3. The molecule has 0 bridgehead atoms. The lowest BCUT2D eigenvalue weighted by molar-refractivity contribution is -0.385. The molecule has 0 radical (unpaired) electrons. The van der Waals surface area contributed by atoms with Crippen molar-refractivity contribution in [2.24, 2.45) is 0 Å². The minimum Gasteiger partial charge on any atom is -0.438 e. The Balaban J connectivity index is 2.41. The van der Waals surface area contributed by atoms with Crippen molar-refractivity contribution in [3.63, 3.8) is 0 Å². The van der Waals surface area contributed by atoms with E-state index in [0.29, 0.717) is 29.4 Å². The van der Waals surface area contributed by atoms with Gasteiger partial charge in [-0.2, -0.15) is 4.98 Å². The van der Waals surface area contributed by atoms with Gasteiger partial charge in [-0.15, -0.1) is 0 Å². The average Bonchev–Trinajstić information content (AvgIpc) is 2.40. The van der Waals surface area contributed by atoms with Crippen molar-refractivity contribution in [3.05, 3.63) is 45.3 Å². The Bertz CT molecular complexity index is 701. The molecular weight excluding hydrogens is 272 g/mol. The monoisotopic (exact) mass is 288 g/mol. The number of aryl methyl sites for hydroxylation is 3. The topological polar surface area (TPSA) is 104 Å². The smallest absolute Gasteiger partial charge is 0.276 e. The Morgan fingerprint density at radius 1 is 1.24 bits per heavy atom. The minimum absolute atomic E-state index is 0.00773. The molecule has 1 heterocycles. The second kappa shape index (κ2) is 5.74. The maximum Gasteiger partial charge on any atom is 0.276 e. The standard InChI is InChI=1S/C14H16N4O3/c1-4-13-16-12(15)7-14(17-13)21-11-6-10(18(19)20)8(2)5-9(11)3/h5-7H,4H2,1-3H3,(H2,15,16,17). The zero-order valence-electron chi connectivity index (χ0n) is 12.1. The van der Waals surface area contributed by atoms with Gasteiger partial charge in [0.05, 0.1) is 11.0 Å². The summed E-state index contributed by atoms with van der Waals surface area (Å²) < 4.78 is 5.64. The summed E-state index contributed by atoms with van der Waals surface area (Å²) >= 11 is 0. The van der Waals surface area contributed by atoms with E-state index in [1.807, 2.05) is 13.8 Å². The third-order valence-corrected chi connectivity index (χ3v) is 2.99. The fourth-order valence-corrected chi connectivity index (χ4v) is 1.94. The highest BCUT2D eigenvalue weighted by atomic mass is 16.6. The summed E-state index contributed by atoms with van der Waals surface area (Å²) in [6.45, 7) is 5.41. The van der Waals surface area contributed by atoms with E-state index in [2.05, 4.69) is 9.97 Å². The normalized spacial score (nSPS) is 10.4. The van der Waals surface area contributed by atoms with E-state index in [0.717, 1.165) is 5.56 Å². The molecular formula is C14H16N4O3. The first-order valence-electron chi connectivity index (χ1n) is 6.47. The average molecular weight is 288 g/mol. The van der Waals surface area contributed by atoms with Crippen LogP contribution in [0.2, 0.25) is 0 Å². The summed E-state index contributed by atoms with van der Waals surface area (Å²) in [5.41, 5.74) is 7.07. The first-order chi connectivity index (χ1) is 9.90. The van der Waals surface area contributed by atoms with Crippen LogP contribution in [-0.4, -0.2) is 14.9 Å². The number of rotatable bonds is 4. The highest BCUT2D eigenvalue weighted by Gasteiger charge is 2.15. The maximum atomic E-state index is 11.0. The van der Waals surface area contributed by atoms with Gasteiger partial charge >= 0.3 is 0 Å². The van der Waals surface area contributed by atoms with Gasteiger partial charge in [0.25, 0.3) is 5.69 Å². The van der Waals surface area contributed by atoms with Crippen molar-refractivity contribution in [3.8, 4) is 11.6 Å². The zero-order chi connectivity index (χ0) is 15.6. The number of nitro benzene ring substituents is 1. The molecule has 0 unspecified atom stereocenters. The number of nitro groups is 1. The lowest BCUT2D eigenvalue weighted by Crippen LogP contribution is -2.01. The molecule has 0 aliphatic carbocycles. The van der Waals surface area contributed by atoms with Crippen molar-refractivity contribution in [2.45, 2.75) is 27.2 Å². The van der Waals surface area contributed by atoms with Gasteiger partial charge in [0.1, 0.15) is 17.4 Å². The fourth-order valence-electron chi connectivity index (χ4n) is 1.94. The second-order valence-electron chi connectivity index (χ2n) is 4.66. The molecule has 7 nitrogen and oxygen atoms in total. The molecule has 0 saturated heterocycles. The molecule has 110 valence electrons. The largest absolute Gasteiger partial charge is 0.438 e. The molecule has 0 amide bonds. The molecule has 2 rings (SSSR count). The number of anilines is 1. The molecule has 1 aromatic heterocycles. The van der Waals surface area contributed by atoms with Crippen LogP contribution in [-0.2, 0) is 6.42 Å². The van der Waals surface area contributed by atoms with Gasteiger partial charge < -0.3 is 10.5 Å². The van der Waals surface area contributed by atoms with E-state index in [-0.39, 0.29) is 11.6 Å². The number of ether oxygens (including phenoxy) is 1. The van der Waals surface area contributed by atoms with Crippen LogP contribution >= 0.6 is 0 Å². The van der Waals surface area contributed by atoms with Gasteiger partial charge in [0.2, 0.25) is 5.88 Å². The van der Waals surface area contributed by atoms with Crippen molar-refractivity contribution in [1.29, 1.82) is 0 Å². The minimum atomic E-state index is -0.437. The molecule has 0 aliphatic heterocycles. The lowest BCUT2D eigenvalue weighted by atomic mass is 10.1. The summed E-state index contributed by atoms with van der Waals surface area (Å²) in [4.78, 5) is 18.8. The Morgan fingerprint density at radius 2 is 1.95 bits per heavy atom. The Labute approximate surface area is 121 Å². The van der Waals surface area contributed by atoms with Gasteiger partial charge in [0.15, 0.2) is 0 Å². The summed E-state index contributed by atoms with van der Waals surface area (Å²) in [7, 11) is 0. The third kappa shape index (κ3) is 3.25. The Hall–Kier alpha value is -2.70. The molecule has 0 spiro atoms. The number of nitrogen functional groups attached to an aromatic ring is 1. The number of benzene rings is 1. The lowest BCUT2D eigenvalue weighted by Gasteiger charge is -2.10. The number of aromatic nitrogens is 2. The van der Waals surface area contributed by atoms with Gasteiger partial charge in [-0.3, -0.25) is 10.1 Å². The number of hydrogen-bond acceptors (Lipinski definition) is 6. The van der Waals surface area contributed by atoms with Gasteiger partial charge in [0, 0.05) is 18.1 Å². The van der Waals surface area contributed by atoms with Crippen LogP contribution in [0.15, 0.2) is 18.2 Å². The Morgan fingerprint density at radius 3 is 2.57 bits per heavy atom. The summed E-state index contributed by atoms with van der Waals surface area (Å²) in [6, 6.07) is 4.59. The molecule has 7 heteroatoms. The maximum absolute atomic E-state index is 11.0. The molecule has 2 N–H and O–H groups in total. The van der Waals surface area contributed by atoms with Crippen LogP contribution in [0.3, 0.4) is 0 Å². The number of nitrogens with two attached hydrogens (primary N) is 1. The quantitative estimate of drug-likeness (QED) is 0.685. The van der Waals surface area contributed by atoms with E-state index in [9.17, 15) is 10.1 Å². The molecule has 0 aliphatic rings. The van der Waals surface area contributed by atoms with E-state index in [1.165, 1.54) is 12.1 Å². The van der Waals surface area contributed by atoms with E-state index in [4.69, 9.17) is 10.5 Å². The van der Waals surface area contributed by atoms with Crippen molar-refractivity contribution in [2.75, 3.05) is 5.73 Å². The molecule has 0 saturated carbocycles. The molecule has 0 fully saturated rings. The first kappa shape index (κ1) is 14.7. The van der Waals surface area contributed by atoms with Crippen LogP contribution in [0, 0.1) is 24.0 Å². The van der Waals surface area contributed by atoms with Gasteiger partial charge in [-0.1, -0.05) is 6.92 Å². The Kier molecular flexibility index (Phi) is 4.02. The molecule has 0 atom stereocenters.